The molecule has 0 amide bonds. The van der Waals surface area contributed by atoms with Crippen LogP contribution in [0.4, 0.5) is 5.69 Å². The Morgan fingerprint density at radius 1 is 1.18 bits per heavy atom. The molecule has 0 radical (unpaired) electrons. The summed E-state index contributed by atoms with van der Waals surface area (Å²) in [6.07, 6.45) is 1.13. The molecule has 28 heavy (non-hydrogen) atoms. The molecule has 2 atom stereocenters. The zero-order valence-electron chi connectivity index (χ0n) is 17.4. The third kappa shape index (κ3) is 6.49. The van der Waals surface area contributed by atoms with Gasteiger partial charge >= 0.3 is 0 Å². The molecule has 158 valence electrons. The standard InChI is InChI=1S/C21H35N5O.HI/c1-17(2)20(25-11-13-27-14-12-25)15-23-21(22-3)24-18-9-10-26(16-18)19-7-5-4-6-8-19;/h4-8,17-18,20H,9-16H2,1-3H3,(H2,22,23,24);1H. The lowest BCUT2D eigenvalue weighted by Crippen LogP contribution is -2.53. The molecule has 3 rings (SSSR count). The van der Waals surface area contributed by atoms with Crippen LogP contribution in [0, 0.1) is 5.92 Å². The number of aliphatic imine (C=N–C) groups is 1. The molecule has 1 aromatic carbocycles. The van der Waals surface area contributed by atoms with Crippen molar-refractivity contribution < 1.29 is 4.74 Å². The summed E-state index contributed by atoms with van der Waals surface area (Å²) >= 11 is 0. The lowest BCUT2D eigenvalue weighted by Gasteiger charge is -2.37. The molecule has 0 bridgehead atoms. The number of morpholine rings is 1. The Kier molecular flexibility index (Phi) is 9.81. The van der Waals surface area contributed by atoms with Gasteiger partial charge < -0.3 is 20.3 Å². The average molecular weight is 501 g/mol. The minimum absolute atomic E-state index is 0. The van der Waals surface area contributed by atoms with Gasteiger partial charge in [0.1, 0.15) is 0 Å². The van der Waals surface area contributed by atoms with Gasteiger partial charge in [-0.2, -0.15) is 0 Å². The van der Waals surface area contributed by atoms with Crippen LogP contribution in [0.1, 0.15) is 20.3 Å². The Bertz CT molecular complexity index is 592. The fourth-order valence-electron chi connectivity index (χ4n) is 4.04. The average Bonchev–Trinajstić information content (AvgIpc) is 3.17. The molecule has 2 unspecified atom stereocenters. The van der Waals surface area contributed by atoms with E-state index < -0.39 is 0 Å². The van der Waals surface area contributed by atoms with Crippen molar-refractivity contribution in [1.82, 2.24) is 15.5 Å². The topological polar surface area (TPSA) is 52.1 Å². The van der Waals surface area contributed by atoms with Crippen LogP contribution >= 0.6 is 24.0 Å². The van der Waals surface area contributed by atoms with Gasteiger partial charge in [0.05, 0.1) is 13.2 Å². The van der Waals surface area contributed by atoms with E-state index in [0.29, 0.717) is 18.0 Å². The van der Waals surface area contributed by atoms with E-state index in [1.165, 1.54) is 5.69 Å². The van der Waals surface area contributed by atoms with Crippen LogP contribution in [0.15, 0.2) is 35.3 Å². The van der Waals surface area contributed by atoms with Gasteiger partial charge in [-0.05, 0) is 24.5 Å². The monoisotopic (exact) mass is 501 g/mol. The Morgan fingerprint density at radius 2 is 1.89 bits per heavy atom. The molecule has 0 spiro atoms. The maximum Gasteiger partial charge on any atom is 0.191 e. The number of hydrogen-bond acceptors (Lipinski definition) is 4. The van der Waals surface area contributed by atoms with Crippen molar-refractivity contribution in [3.8, 4) is 0 Å². The van der Waals surface area contributed by atoms with Crippen molar-refractivity contribution in [1.29, 1.82) is 0 Å². The summed E-state index contributed by atoms with van der Waals surface area (Å²) in [6, 6.07) is 11.6. The number of nitrogens with zero attached hydrogens (tertiary/aromatic N) is 3. The van der Waals surface area contributed by atoms with Gasteiger partial charge in [0.15, 0.2) is 5.96 Å². The van der Waals surface area contributed by atoms with Crippen LogP contribution in [0.2, 0.25) is 0 Å². The molecule has 0 aliphatic carbocycles. The predicted molar refractivity (Wildman–Crippen MR) is 128 cm³/mol. The van der Waals surface area contributed by atoms with E-state index in [1.54, 1.807) is 0 Å². The molecule has 2 N–H and O–H groups in total. The fourth-order valence-corrected chi connectivity index (χ4v) is 4.04. The number of hydrogen-bond donors (Lipinski definition) is 2. The second-order valence-electron chi connectivity index (χ2n) is 7.82. The number of ether oxygens (including phenoxy) is 1. The number of benzene rings is 1. The van der Waals surface area contributed by atoms with E-state index in [4.69, 9.17) is 4.74 Å². The molecule has 2 aliphatic rings. The van der Waals surface area contributed by atoms with Crippen molar-refractivity contribution in [3.63, 3.8) is 0 Å². The van der Waals surface area contributed by atoms with Crippen LogP contribution in [0.25, 0.3) is 0 Å². The first-order chi connectivity index (χ1) is 13.2. The summed E-state index contributed by atoms with van der Waals surface area (Å²) < 4.78 is 5.51. The number of nitrogens with one attached hydrogen (secondary N) is 2. The maximum atomic E-state index is 5.51. The first kappa shape index (κ1) is 23.2. The molecule has 2 aliphatic heterocycles. The molecule has 2 saturated heterocycles. The third-order valence-corrected chi connectivity index (χ3v) is 5.64. The minimum Gasteiger partial charge on any atom is -0.379 e. The highest BCUT2D eigenvalue weighted by Crippen LogP contribution is 2.19. The van der Waals surface area contributed by atoms with Crippen molar-refractivity contribution in [2.75, 3.05) is 57.9 Å². The van der Waals surface area contributed by atoms with Gasteiger partial charge in [-0.3, -0.25) is 9.89 Å². The highest BCUT2D eigenvalue weighted by Gasteiger charge is 2.26. The van der Waals surface area contributed by atoms with E-state index in [2.05, 4.69) is 69.6 Å². The zero-order chi connectivity index (χ0) is 19.1. The third-order valence-electron chi connectivity index (χ3n) is 5.64. The smallest absolute Gasteiger partial charge is 0.191 e. The molecule has 6 nitrogen and oxygen atoms in total. The minimum atomic E-state index is 0. The first-order valence-electron chi connectivity index (χ1n) is 10.3. The maximum absolute atomic E-state index is 5.51. The molecule has 0 saturated carbocycles. The quantitative estimate of drug-likeness (QED) is 0.356. The van der Waals surface area contributed by atoms with Crippen molar-refractivity contribution in [2.24, 2.45) is 10.9 Å². The molecular formula is C21H36IN5O. The van der Waals surface area contributed by atoms with E-state index in [-0.39, 0.29) is 24.0 Å². The molecule has 7 heteroatoms. The molecule has 1 aromatic rings. The van der Waals surface area contributed by atoms with Crippen LogP contribution in [-0.4, -0.2) is 75.9 Å². The first-order valence-corrected chi connectivity index (χ1v) is 10.3. The lowest BCUT2D eigenvalue weighted by atomic mass is 10.0. The van der Waals surface area contributed by atoms with Crippen molar-refractivity contribution in [3.05, 3.63) is 30.3 Å². The number of para-hydroxylation sites is 1. The molecular weight excluding hydrogens is 465 g/mol. The molecule has 2 fully saturated rings. The van der Waals surface area contributed by atoms with Gasteiger partial charge in [0.25, 0.3) is 0 Å². The van der Waals surface area contributed by atoms with E-state index >= 15 is 0 Å². The zero-order valence-corrected chi connectivity index (χ0v) is 19.8. The number of anilines is 1. The van der Waals surface area contributed by atoms with Crippen LogP contribution in [0.5, 0.6) is 0 Å². The van der Waals surface area contributed by atoms with E-state index in [0.717, 1.165) is 58.3 Å². The van der Waals surface area contributed by atoms with Gasteiger partial charge in [-0.15, -0.1) is 24.0 Å². The van der Waals surface area contributed by atoms with Gasteiger partial charge in [-0.1, -0.05) is 32.0 Å². The van der Waals surface area contributed by atoms with Gasteiger partial charge in [0, 0.05) is 57.5 Å². The Hall–Kier alpha value is -1.06. The molecule has 0 aromatic heterocycles. The SMILES string of the molecule is CN=C(NCC(C(C)C)N1CCOCC1)NC1CCN(c2ccccc2)C1.I. The molecule has 2 heterocycles. The second kappa shape index (κ2) is 11.8. The summed E-state index contributed by atoms with van der Waals surface area (Å²) in [5.41, 5.74) is 1.30. The number of rotatable bonds is 6. The highest BCUT2D eigenvalue weighted by molar-refractivity contribution is 14.0. The van der Waals surface area contributed by atoms with Crippen LogP contribution in [0.3, 0.4) is 0 Å². The van der Waals surface area contributed by atoms with Crippen molar-refractivity contribution in [2.45, 2.75) is 32.4 Å². The summed E-state index contributed by atoms with van der Waals surface area (Å²) in [5, 5.41) is 7.18. The number of guanidine groups is 1. The van der Waals surface area contributed by atoms with E-state index in [1.807, 2.05) is 7.05 Å². The van der Waals surface area contributed by atoms with Crippen LogP contribution < -0.4 is 15.5 Å². The summed E-state index contributed by atoms with van der Waals surface area (Å²) in [5.74, 6) is 1.50. The van der Waals surface area contributed by atoms with E-state index in [9.17, 15) is 0 Å². The fraction of sp³-hybridized carbons (Fsp3) is 0.667. The summed E-state index contributed by atoms with van der Waals surface area (Å²) in [7, 11) is 1.86. The summed E-state index contributed by atoms with van der Waals surface area (Å²) in [6.45, 7) is 11.3. The van der Waals surface area contributed by atoms with Crippen molar-refractivity contribution >= 4 is 35.6 Å². The Morgan fingerprint density at radius 3 is 2.54 bits per heavy atom. The number of halogens is 1. The van der Waals surface area contributed by atoms with Crippen LogP contribution in [-0.2, 0) is 4.74 Å². The second-order valence-corrected chi connectivity index (χ2v) is 7.82. The Labute approximate surface area is 187 Å². The van der Waals surface area contributed by atoms with Gasteiger partial charge in [-0.25, -0.2) is 0 Å². The van der Waals surface area contributed by atoms with Gasteiger partial charge in [0.2, 0.25) is 0 Å². The highest BCUT2D eigenvalue weighted by atomic mass is 127. The normalized spacial score (nSPS) is 22.1. The Balaban J connectivity index is 0.00000280. The predicted octanol–water partition coefficient (Wildman–Crippen LogP) is 2.41. The lowest BCUT2D eigenvalue weighted by molar-refractivity contribution is 0.00751. The largest absolute Gasteiger partial charge is 0.379 e. The summed E-state index contributed by atoms with van der Waals surface area (Å²) in [4.78, 5) is 9.44.